The third-order valence-corrected chi connectivity index (χ3v) is 6.17. The zero-order valence-electron chi connectivity index (χ0n) is 16.4. The van der Waals surface area contributed by atoms with Crippen molar-refractivity contribution in [2.24, 2.45) is 5.92 Å². The fourth-order valence-electron chi connectivity index (χ4n) is 4.51. The number of para-hydroxylation sites is 1. The van der Waals surface area contributed by atoms with E-state index in [0.29, 0.717) is 5.91 Å². The fraction of sp³-hybridized carbons (Fsp3) is 0.591. The molecule has 4 rings (SSSR count). The van der Waals surface area contributed by atoms with Gasteiger partial charge in [0.25, 0.3) is 0 Å². The van der Waals surface area contributed by atoms with Crippen molar-refractivity contribution in [3.63, 3.8) is 0 Å². The summed E-state index contributed by atoms with van der Waals surface area (Å²) in [6.07, 6.45) is 7.18. The molecule has 27 heavy (non-hydrogen) atoms. The van der Waals surface area contributed by atoms with Crippen molar-refractivity contribution in [1.29, 1.82) is 0 Å². The summed E-state index contributed by atoms with van der Waals surface area (Å²) in [6.45, 7) is 6.28. The minimum Gasteiger partial charge on any atom is -0.340 e. The number of hydrogen-bond acceptors (Lipinski definition) is 4. The summed E-state index contributed by atoms with van der Waals surface area (Å²) in [5, 5.41) is 1.12. The van der Waals surface area contributed by atoms with Crippen LogP contribution >= 0.6 is 0 Å². The Hall–Kier alpha value is -2.01. The Kier molecular flexibility index (Phi) is 5.67. The normalized spacial score (nSPS) is 19.1. The highest BCUT2D eigenvalue weighted by Gasteiger charge is 2.23. The van der Waals surface area contributed by atoms with Crippen LogP contribution < -0.4 is 0 Å². The molecule has 0 unspecified atom stereocenters. The first-order valence-corrected chi connectivity index (χ1v) is 10.4. The summed E-state index contributed by atoms with van der Waals surface area (Å²) in [6, 6.07) is 8.18. The number of rotatable bonds is 5. The van der Waals surface area contributed by atoms with E-state index < -0.39 is 0 Å². The lowest BCUT2D eigenvalue weighted by Crippen LogP contribution is -2.48. The number of nitrogens with zero attached hydrogens (tertiary/aromatic N) is 4. The lowest BCUT2D eigenvalue weighted by atomic mass is 10.0. The second-order valence-corrected chi connectivity index (χ2v) is 8.09. The molecule has 0 spiro atoms. The average molecular weight is 367 g/mol. The van der Waals surface area contributed by atoms with E-state index in [1.54, 1.807) is 0 Å². The number of carbonyl (C=O) groups is 1. The first-order valence-electron chi connectivity index (χ1n) is 10.4. The molecule has 1 aliphatic carbocycles. The summed E-state index contributed by atoms with van der Waals surface area (Å²) in [5.74, 6) is 2.02. The Morgan fingerprint density at radius 2 is 1.81 bits per heavy atom. The molecule has 2 heterocycles. The van der Waals surface area contributed by atoms with Crippen LogP contribution in [0.2, 0.25) is 0 Å². The topological polar surface area (TPSA) is 49.3 Å². The van der Waals surface area contributed by atoms with Gasteiger partial charge < -0.3 is 4.90 Å². The van der Waals surface area contributed by atoms with Crippen molar-refractivity contribution in [2.45, 2.75) is 52.0 Å². The van der Waals surface area contributed by atoms with E-state index in [1.807, 2.05) is 12.1 Å². The molecular formula is C22H30N4O. The van der Waals surface area contributed by atoms with Gasteiger partial charge >= 0.3 is 0 Å². The molecule has 1 amide bonds. The zero-order chi connectivity index (χ0) is 18.6. The third kappa shape index (κ3) is 4.46. The molecule has 2 fully saturated rings. The van der Waals surface area contributed by atoms with Gasteiger partial charge in [-0.2, -0.15) is 0 Å². The van der Waals surface area contributed by atoms with Crippen LogP contribution in [0.1, 0.15) is 50.0 Å². The van der Waals surface area contributed by atoms with Crippen molar-refractivity contribution in [1.82, 2.24) is 19.8 Å². The van der Waals surface area contributed by atoms with Crippen LogP contribution in [0.3, 0.4) is 0 Å². The third-order valence-electron chi connectivity index (χ3n) is 6.17. The average Bonchev–Trinajstić information content (AvgIpc) is 3.20. The van der Waals surface area contributed by atoms with Crippen LogP contribution in [0.5, 0.6) is 0 Å². The number of carbonyl (C=O) groups excluding carboxylic acids is 1. The summed E-state index contributed by atoms with van der Waals surface area (Å²) >= 11 is 0. The Labute approximate surface area is 161 Å². The van der Waals surface area contributed by atoms with E-state index >= 15 is 0 Å². The Morgan fingerprint density at radius 1 is 1.07 bits per heavy atom. The molecule has 0 atom stereocenters. The van der Waals surface area contributed by atoms with E-state index in [1.165, 1.54) is 25.7 Å². The first kappa shape index (κ1) is 18.4. The molecule has 1 saturated carbocycles. The van der Waals surface area contributed by atoms with Crippen molar-refractivity contribution in [3.05, 3.63) is 35.8 Å². The first-order chi connectivity index (χ1) is 13.2. The van der Waals surface area contributed by atoms with E-state index in [4.69, 9.17) is 4.98 Å². The van der Waals surface area contributed by atoms with Gasteiger partial charge in [-0.1, -0.05) is 43.9 Å². The van der Waals surface area contributed by atoms with Crippen molar-refractivity contribution in [2.75, 3.05) is 26.2 Å². The number of hydrogen-bond donors (Lipinski definition) is 0. The Balaban J connectivity index is 1.28. The number of amides is 1. The van der Waals surface area contributed by atoms with Crippen LogP contribution in [0, 0.1) is 12.8 Å². The zero-order valence-corrected chi connectivity index (χ0v) is 16.4. The van der Waals surface area contributed by atoms with Gasteiger partial charge in [0.2, 0.25) is 5.91 Å². The minimum absolute atomic E-state index is 0.347. The van der Waals surface area contributed by atoms with Crippen LogP contribution in [0.4, 0.5) is 0 Å². The van der Waals surface area contributed by atoms with Gasteiger partial charge in [0.05, 0.1) is 12.1 Å². The van der Waals surface area contributed by atoms with E-state index in [-0.39, 0.29) is 0 Å². The summed E-state index contributed by atoms with van der Waals surface area (Å²) < 4.78 is 0. The molecule has 0 bridgehead atoms. The SMILES string of the molecule is Cc1nc(CN2CCN(C(=O)CCC3CCCC3)CC2)nc2ccccc12. The van der Waals surface area contributed by atoms with Gasteiger partial charge in [0, 0.05) is 43.7 Å². The number of aromatic nitrogens is 2. The van der Waals surface area contributed by atoms with E-state index in [2.05, 4.69) is 33.8 Å². The van der Waals surface area contributed by atoms with Gasteiger partial charge in [-0.05, 0) is 25.3 Å². The maximum absolute atomic E-state index is 12.5. The van der Waals surface area contributed by atoms with Gasteiger partial charge in [-0.15, -0.1) is 0 Å². The number of fused-ring (bicyclic) bond motifs is 1. The highest BCUT2D eigenvalue weighted by atomic mass is 16.2. The van der Waals surface area contributed by atoms with Crippen molar-refractivity contribution < 1.29 is 4.79 Å². The maximum atomic E-state index is 12.5. The summed E-state index contributed by atoms with van der Waals surface area (Å²) in [4.78, 5) is 26.3. The lowest BCUT2D eigenvalue weighted by Gasteiger charge is -2.34. The second kappa shape index (κ2) is 8.34. The van der Waals surface area contributed by atoms with Gasteiger partial charge in [0.1, 0.15) is 5.82 Å². The quantitative estimate of drug-likeness (QED) is 0.812. The van der Waals surface area contributed by atoms with Crippen LogP contribution in [-0.2, 0) is 11.3 Å². The molecule has 5 heteroatoms. The molecule has 0 N–H and O–H groups in total. The van der Waals surface area contributed by atoms with E-state index in [9.17, 15) is 4.79 Å². The van der Waals surface area contributed by atoms with Crippen LogP contribution in [0.25, 0.3) is 10.9 Å². The Morgan fingerprint density at radius 3 is 2.59 bits per heavy atom. The van der Waals surface area contributed by atoms with E-state index in [0.717, 1.165) is 73.9 Å². The summed E-state index contributed by atoms with van der Waals surface area (Å²) in [7, 11) is 0. The van der Waals surface area contributed by atoms with Gasteiger partial charge in [0.15, 0.2) is 0 Å². The highest BCUT2D eigenvalue weighted by Crippen LogP contribution is 2.28. The summed E-state index contributed by atoms with van der Waals surface area (Å²) in [5.41, 5.74) is 2.05. The molecule has 1 aromatic heterocycles. The van der Waals surface area contributed by atoms with Crippen molar-refractivity contribution in [3.8, 4) is 0 Å². The Bertz CT molecular complexity index is 792. The van der Waals surface area contributed by atoms with Gasteiger partial charge in [-0.25, -0.2) is 9.97 Å². The molecule has 2 aliphatic rings. The predicted molar refractivity (Wildman–Crippen MR) is 107 cm³/mol. The highest BCUT2D eigenvalue weighted by molar-refractivity contribution is 5.80. The molecule has 2 aromatic rings. The van der Waals surface area contributed by atoms with Crippen LogP contribution in [0.15, 0.2) is 24.3 Å². The van der Waals surface area contributed by atoms with Gasteiger partial charge in [-0.3, -0.25) is 9.69 Å². The fourth-order valence-corrected chi connectivity index (χ4v) is 4.51. The largest absolute Gasteiger partial charge is 0.340 e. The molecule has 0 radical (unpaired) electrons. The number of aryl methyl sites for hydroxylation is 1. The molecule has 5 nitrogen and oxygen atoms in total. The molecule has 144 valence electrons. The molecule has 1 aliphatic heterocycles. The number of piperazine rings is 1. The standard InChI is InChI=1S/C22H30N4O/c1-17-19-8-4-5-9-20(19)24-21(23-17)16-25-12-14-26(15-13-25)22(27)11-10-18-6-2-3-7-18/h4-5,8-9,18H,2-3,6-7,10-16H2,1H3. The predicted octanol–water partition coefficient (Wildman–Crippen LogP) is 3.55. The maximum Gasteiger partial charge on any atom is 0.222 e. The molecule has 1 saturated heterocycles. The molecular weight excluding hydrogens is 336 g/mol. The van der Waals surface area contributed by atoms with Crippen molar-refractivity contribution >= 4 is 16.8 Å². The second-order valence-electron chi connectivity index (χ2n) is 8.09. The minimum atomic E-state index is 0.347. The number of benzene rings is 1. The molecule has 1 aromatic carbocycles. The van der Waals surface area contributed by atoms with Crippen LogP contribution in [-0.4, -0.2) is 51.9 Å². The monoisotopic (exact) mass is 366 g/mol. The lowest BCUT2D eigenvalue weighted by molar-refractivity contribution is -0.133. The smallest absolute Gasteiger partial charge is 0.222 e.